The van der Waals surface area contributed by atoms with Crippen LogP contribution in [0.15, 0.2) is 35.8 Å². The number of thiazole rings is 1. The minimum Gasteiger partial charge on any atom is -0.362 e. The van der Waals surface area contributed by atoms with E-state index >= 15 is 0 Å². The summed E-state index contributed by atoms with van der Waals surface area (Å²) in [5.74, 6) is 0. The summed E-state index contributed by atoms with van der Waals surface area (Å²) in [6, 6.07) is 7.82. The average molecular weight is 298 g/mol. The molecule has 0 radical (unpaired) electrons. The molecule has 2 N–H and O–H groups in total. The van der Waals surface area contributed by atoms with Gasteiger partial charge in [-0.25, -0.2) is 4.98 Å². The summed E-state index contributed by atoms with van der Waals surface area (Å²) < 4.78 is 0. The molecule has 2 rings (SSSR count). The number of hydrogen-bond acceptors (Lipinski definition) is 3. The van der Waals surface area contributed by atoms with Crippen molar-refractivity contribution in [2.45, 2.75) is 6.42 Å². The first kappa shape index (κ1) is 13.3. The molecule has 0 aliphatic rings. The van der Waals surface area contributed by atoms with Crippen molar-refractivity contribution in [3.05, 3.63) is 46.4 Å². The summed E-state index contributed by atoms with van der Waals surface area (Å²) in [5.41, 5.74) is 1.19. The third-order valence-electron chi connectivity index (χ3n) is 2.24. The maximum atomic E-state index is 5.92. The summed E-state index contributed by atoms with van der Waals surface area (Å²) in [4.78, 5) is 4.10. The molecular formula is C12H12ClN3S2. The summed E-state index contributed by atoms with van der Waals surface area (Å²) in [6.07, 6.45) is 2.61. The molecule has 0 amide bonds. The molecule has 3 nitrogen and oxygen atoms in total. The fraction of sp³-hybridized carbons (Fsp3) is 0.167. The second-order valence-corrected chi connectivity index (χ2v) is 5.34. The smallest absolute Gasteiger partial charge is 0.188 e. The lowest BCUT2D eigenvalue weighted by molar-refractivity contribution is 0.873. The highest BCUT2D eigenvalue weighted by atomic mass is 35.5. The highest BCUT2D eigenvalue weighted by Gasteiger charge is 1.99. The van der Waals surface area contributed by atoms with Gasteiger partial charge in [-0.2, -0.15) is 0 Å². The van der Waals surface area contributed by atoms with Crippen molar-refractivity contribution in [1.29, 1.82) is 0 Å². The Hall–Kier alpha value is -1.17. The van der Waals surface area contributed by atoms with Crippen LogP contribution in [0.1, 0.15) is 5.56 Å². The van der Waals surface area contributed by atoms with Crippen molar-refractivity contribution in [2.75, 3.05) is 11.9 Å². The summed E-state index contributed by atoms with van der Waals surface area (Å²) in [7, 11) is 0. The van der Waals surface area contributed by atoms with Gasteiger partial charge in [0.1, 0.15) is 0 Å². The number of anilines is 1. The number of rotatable bonds is 4. The Balaban J connectivity index is 1.73. The second-order valence-electron chi connectivity index (χ2n) is 3.60. The number of aromatic nitrogens is 1. The fourth-order valence-corrected chi connectivity index (χ4v) is 2.45. The van der Waals surface area contributed by atoms with Crippen molar-refractivity contribution in [2.24, 2.45) is 0 Å². The van der Waals surface area contributed by atoms with Crippen LogP contribution in [0, 0.1) is 0 Å². The molecule has 18 heavy (non-hydrogen) atoms. The van der Waals surface area contributed by atoms with Crippen LogP contribution in [0.5, 0.6) is 0 Å². The van der Waals surface area contributed by atoms with E-state index in [2.05, 4.69) is 15.6 Å². The predicted molar refractivity (Wildman–Crippen MR) is 81.5 cm³/mol. The molecule has 1 heterocycles. The van der Waals surface area contributed by atoms with Crippen molar-refractivity contribution < 1.29 is 0 Å². The molecule has 0 fully saturated rings. The van der Waals surface area contributed by atoms with Crippen LogP contribution in [0.4, 0.5) is 5.13 Å². The standard InChI is InChI=1S/C12H12ClN3S2/c13-10-3-1-2-9(8-10)4-5-14-11(17)16-12-15-6-7-18-12/h1-3,6-8H,4-5H2,(H2,14,15,16,17). The zero-order chi connectivity index (χ0) is 12.8. The van der Waals surface area contributed by atoms with E-state index in [0.717, 1.165) is 23.1 Å². The maximum absolute atomic E-state index is 5.92. The number of nitrogens with one attached hydrogen (secondary N) is 2. The Morgan fingerprint density at radius 2 is 2.33 bits per heavy atom. The molecule has 1 aromatic carbocycles. The largest absolute Gasteiger partial charge is 0.362 e. The van der Waals surface area contributed by atoms with Gasteiger partial charge in [0, 0.05) is 23.1 Å². The Morgan fingerprint density at radius 3 is 3.06 bits per heavy atom. The molecule has 0 spiro atoms. The topological polar surface area (TPSA) is 37.0 Å². The minimum absolute atomic E-state index is 0.590. The summed E-state index contributed by atoms with van der Waals surface area (Å²) >= 11 is 12.6. The van der Waals surface area contributed by atoms with E-state index in [-0.39, 0.29) is 0 Å². The molecule has 0 unspecified atom stereocenters. The Morgan fingerprint density at radius 1 is 1.44 bits per heavy atom. The normalized spacial score (nSPS) is 10.1. The molecule has 2 aromatic rings. The third kappa shape index (κ3) is 4.25. The molecule has 0 aliphatic heterocycles. The fourth-order valence-electron chi connectivity index (χ4n) is 1.44. The summed E-state index contributed by atoms with van der Waals surface area (Å²) in [6.45, 7) is 0.761. The lowest BCUT2D eigenvalue weighted by atomic mass is 10.1. The molecule has 0 saturated carbocycles. The highest BCUT2D eigenvalue weighted by Crippen LogP contribution is 2.11. The first-order chi connectivity index (χ1) is 8.74. The van der Waals surface area contributed by atoms with Crippen molar-refractivity contribution in [1.82, 2.24) is 10.3 Å². The van der Waals surface area contributed by atoms with Gasteiger partial charge in [-0.15, -0.1) is 11.3 Å². The second kappa shape index (κ2) is 6.68. The van der Waals surface area contributed by atoms with Crippen molar-refractivity contribution in [3.8, 4) is 0 Å². The first-order valence-electron chi connectivity index (χ1n) is 5.43. The van der Waals surface area contributed by atoms with E-state index in [1.165, 1.54) is 16.9 Å². The van der Waals surface area contributed by atoms with Crippen LogP contribution in [-0.4, -0.2) is 16.6 Å². The monoisotopic (exact) mass is 297 g/mol. The van der Waals surface area contributed by atoms with Crippen LogP contribution in [-0.2, 0) is 6.42 Å². The van der Waals surface area contributed by atoms with E-state index in [0.29, 0.717) is 5.11 Å². The number of benzene rings is 1. The predicted octanol–water partition coefficient (Wildman–Crippen LogP) is 3.33. The molecule has 94 valence electrons. The van der Waals surface area contributed by atoms with E-state index in [4.69, 9.17) is 23.8 Å². The van der Waals surface area contributed by atoms with Gasteiger partial charge in [0.05, 0.1) is 0 Å². The Labute approximate surface area is 120 Å². The van der Waals surface area contributed by atoms with Crippen LogP contribution in [0.25, 0.3) is 0 Å². The van der Waals surface area contributed by atoms with Crippen molar-refractivity contribution in [3.63, 3.8) is 0 Å². The SMILES string of the molecule is S=C(NCCc1cccc(Cl)c1)Nc1nccs1. The van der Waals surface area contributed by atoms with Crippen LogP contribution < -0.4 is 10.6 Å². The van der Waals surface area contributed by atoms with Gasteiger partial charge in [0.2, 0.25) is 0 Å². The first-order valence-corrected chi connectivity index (χ1v) is 7.09. The quantitative estimate of drug-likeness (QED) is 0.849. The number of halogens is 1. The van der Waals surface area contributed by atoms with Gasteiger partial charge in [0.25, 0.3) is 0 Å². The maximum Gasteiger partial charge on any atom is 0.188 e. The van der Waals surface area contributed by atoms with E-state index in [9.17, 15) is 0 Å². The van der Waals surface area contributed by atoms with E-state index in [1.54, 1.807) is 6.20 Å². The average Bonchev–Trinajstić information content (AvgIpc) is 2.82. The molecule has 1 aromatic heterocycles. The molecule has 0 bridgehead atoms. The molecule has 0 aliphatic carbocycles. The van der Waals surface area contributed by atoms with Crippen LogP contribution >= 0.6 is 35.2 Å². The molecule has 0 saturated heterocycles. The summed E-state index contributed by atoms with van der Waals surface area (Å²) in [5, 5.41) is 10.2. The van der Waals surface area contributed by atoms with Gasteiger partial charge in [0.15, 0.2) is 10.2 Å². The molecular weight excluding hydrogens is 286 g/mol. The zero-order valence-corrected chi connectivity index (χ0v) is 11.9. The zero-order valence-electron chi connectivity index (χ0n) is 9.52. The molecule has 6 heteroatoms. The van der Waals surface area contributed by atoms with Gasteiger partial charge in [-0.05, 0) is 36.3 Å². The van der Waals surface area contributed by atoms with Crippen molar-refractivity contribution >= 4 is 45.4 Å². The lowest BCUT2D eigenvalue weighted by Crippen LogP contribution is -2.30. The lowest BCUT2D eigenvalue weighted by Gasteiger charge is -2.08. The van der Waals surface area contributed by atoms with Gasteiger partial charge in [-0.1, -0.05) is 23.7 Å². The minimum atomic E-state index is 0.590. The van der Waals surface area contributed by atoms with Gasteiger partial charge in [-0.3, -0.25) is 0 Å². The van der Waals surface area contributed by atoms with E-state index < -0.39 is 0 Å². The molecule has 0 atom stereocenters. The van der Waals surface area contributed by atoms with Crippen LogP contribution in [0.3, 0.4) is 0 Å². The highest BCUT2D eigenvalue weighted by molar-refractivity contribution is 7.80. The Kier molecular flexibility index (Phi) is 4.92. The number of hydrogen-bond donors (Lipinski definition) is 2. The number of thiocarbonyl (C=S) groups is 1. The van der Waals surface area contributed by atoms with Gasteiger partial charge >= 0.3 is 0 Å². The third-order valence-corrected chi connectivity index (χ3v) is 3.41. The number of nitrogens with zero attached hydrogens (tertiary/aromatic N) is 1. The Bertz CT molecular complexity index is 514. The van der Waals surface area contributed by atoms with Crippen LogP contribution in [0.2, 0.25) is 5.02 Å². The van der Waals surface area contributed by atoms with E-state index in [1.807, 2.05) is 29.6 Å². The van der Waals surface area contributed by atoms with Gasteiger partial charge < -0.3 is 10.6 Å².